The summed E-state index contributed by atoms with van der Waals surface area (Å²) in [4.78, 5) is 15.0. The summed E-state index contributed by atoms with van der Waals surface area (Å²) in [7, 11) is 0. The lowest BCUT2D eigenvalue weighted by Gasteiger charge is -2.38. The smallest absolute Gasteiger partial charge is 0.250 e. The molecule has 0 aromatic carbocycles. The number of pyridine rings is 1. The third-order valence-corrected chi connectivity index (χ3v) is 3.02. The lowest BCUT2D eigenvalue weighted by atomic mass is 9.86. The van der Waals surface area contributed by atoms with Crippen LogP contribution in [0.5, 0.6) is 0 Å². The zero-order valence-corrected chi connectivity index (χ0v) is 10.6. The van der Waals surface area contributed by atoms with Gasteiger partial charge >= 0.3 is 0 Å². The van der Waals surface area contributed by atoms with Gasteiger partial charge in [0, 0.05) is 6.20 Å². The van der Waals surface area contributed by atoms with E-state index in [9.17, 15) is 9.90 Å². The number of hydrogen-bond donors (Lipinski definition) is 3. The number of hydrogen-bond acceptors (Lipinski definition) is 4. The first-order valence-electron chi connectivity index (χ1n) is 5.40. The summed E-state index contributed by atoms with van der Waals surface area (Å²) in [5.41, 5.74) is 4.03. The molecule has 1 amide bonds. The van der Waals surface area contributed by atoms with Gasteiger partial charge in [-0.25, -0.2) is 4.98 Å². The molecule has 0 aliphatic rings. The molecule has 0 atom stereocenters. The van der Waals surface area contributed by atoms with Crippen LogP contribution in [0.4, 0.5) is 5.82 Å². The number of rotatable bonds is 4. The van der Waals surface area contributed by atoms with E-state index in [1.54, 1.807) is 26.0 Å². The van der Waals surface area contributed by atoms with Crippen molar-refractivity contribution in [2.45, 2.75) is 38.8 Å². The minimum atomic E-state index is -0.906. The maximum absolute atomic E-state index is 10.9. The molecule has 1 rings (SSSR count). The molecule has 5 nitrogen and oxygen atoms in total. The third kappa shape index (κ3) is 3.17. The quantitative estimate of drug-likeness (QED) is 0.732. The number of carbonyl (C=O) groups excluding carboxylic acids is 1. The highest BCUT2D eigenvalue weighted by Crippen LogP contribution is 2.24. The van der Waals surface area contributed by atoms with E-state index in [0.29, 0.717) is 11.4 Å². The van der Waals surface area contributed by atoms with Crippen molar-refractivity contribution in [3.05, 3.63) is 23.9 Å². The summed E-state index contributed by atoms with van der Waals surface area (Å²) < 4.78 is 0. The van der Waals surface area contributed by atoms with E-state index in [0.717, 1.165) is 0 Å². The molecule has 0 saturated carbocycles. The second-order valence-corrected chi connectivity index (χ2v) is 5.11. The van der Waals surface area contributed by atoms with E-state index in [-0.39, 0.29) is 0 Å². The van der Waals surface area contributed by atoms with Gasteiger partial charge in [0.25, 0.3) is 0 Å². The Bertz CT molecular complexity index is 405. The Morgan fingerprint density at radius 1 is 1.35 bits per heavy atom. The molecule has 1 aromatic rings. The largest absolute Gasteiger partial charge is 0.388 e. The Balaban J connectivity index is 2.86. The normalized spacial score (nSPS) is 12.3. The van der Waals surface area contributed by atoms with Gasteiger partial charge in [-0.2, -0.15) is 0 Å². The Morgan fingerprint density at radius 3 is 2.29 bits per heavy atom. The van der Waals surface area contributed by atoms with Crippen LogP contribution in [0.2, 0.25) is 0 Å². The standard InChI is InChI=1S/C12H19N3O2/c1-11(2,12(3,4)17)15-9-6-5-8(7-14-9)10(13)16/h5-7,17H,1-4H3,(H2,13,16)(H,14,15). The van der Waals surface area contributed by atoms with Gasteiger partial charge in [0.05, 0.1) is 16.7 Å². The number of anilines is 1. The van der Waals surface area contributed by atoms with Crippen molar-refractivity contribution in [1.29, 1.82) is 0 Å². The zero-order valence-electron chi connectivity index (χ0n) is 10.6. The second-order valence-electron chi connectivity index (χ2n) is 5.11. The second kappa shape index (κ2) is 4.33. The lowest BCUT2D eigenvalue weighted by molar-refractivity contribution is 0.0239. The molecule has 0 spiro atoms. The summed E-state index contributed by atoms with van der Waals surface area (Å²) in [5, 5.41) is 13.1. The van der Waals surface area contributed by atoms with Gasteiger partial charge < -0.3 is 16.2 Å². The number of nitrogens with zero attached hydrogens (tertiary/aromatic N) is 1. The zero-order chi connectivity index (χ0) is 13.3. The Kier molecular flexibility index (Phi) is 3.43. The van der Waals surface area contributed by atoms with E-state index in [1.165, 1.54) is 6.20 Å². The summed E-state index contributed by atoms with van der Waals surface area (Å²) in [6.07, 6.45) is 1.41. The fourth-order valence-electron chi connectivity index (χ4n) is 1.09. The van der Waals surface area contributed by atoms with Crippen molar-refractivity contribution < 1.29 is 9.90 Å². The van der Waals surface area contributed by atoms with Crippen LogP contribution in [0, 0.1) is 0 Å². The maximum atomic E-state index is 10.9. The van der Waals surface area contributed by atoms with Gasteiger partial charge in [0.15, 0.2) is 0 Å². The van der Waals surface area contributed by atoms with Gasteiger partial charge in [-0.3, -0.25) is 4.79 Å². The van der Waals surface area contributed by atoms with Crippen molar-refractivity contribution in [2.24, 2.45) is 5.73 Å². The number of nitrogens with one attached hydrogen (secondary N) is 1. The topological polar surface area (TPSA) is 88.2 Å². The monoisotopic (exact) mass is 237 g/mol. The number of aliphatic hydroxyl groups is 1. The molecule has 0 radical (unpaired) electrons. The summed E-state index contributed by atoms with van der Waals surface area (Å²) in [6.45, 7) is 7.18. The molecular weight excluding hydrogens is 218 g/mol. The van der Waals surface area contributed by atoms with E-state index in [1.807, 2.05) is 13.8 Å². The Morgan fingerprint density at radius 2 is 1.94 bits per heavy atom. The van der Waals surface area contributed by atoms with E-state index in [4.69, 9.17) is 5.73 Å². The predicted molar refractivity (Wildman–Crippen MR) is 66.8 cm³/mol. The first kappa shape index (κ1) is 13.4. The van der Waals surface area contributed by atoms with Gasteiger partial charge in [-0.15, -0.1) is 0 Å². The molecule has 5 heteroatoms. The molecule has 0 fully saturated rings. The molecule has 4 N–H and O–H groups in total. The summed E-state index contributed by atoms with van der Waals surface area (Å²) >= 11 is 0. The van der Waals surface area contributed by atoms with Crippen molar-refractivity contribution in [3.8, 4) is 0 Å². The first-order valence-corrected chi connectivity index (χ1v) is 5.40. The third-order valence-electron chi connectivity index (χ3n) is 3.02. The molecular formula is C12H19N3O2. The minimum absolute atomic E-state index is 0.358. The Labute approximate surface area is 101 Å². The SMILES string of the molecule is CC(C)(O)C(C)(C)Nc1ccc(C(N)=O)cn1. The van der Waals surface area contributed by atoms with Crippen molar-refractivity contribution in [2.75, 3.05) is 5.32 Å². The van der Waals surface area contributed by atoms with Gasteiger partial charge in [-0.1, -0.05) is 0 Å². The van der Waals surface area contributed by atoms with E-state index >= 15 is 0 Å². The number of carbonyl (C=O) groups is 1. The van der Waals surface area contributed by atoms with E-state index in [2.05, 4.69) is 10.3 Å². The number of aromatic nitrogens is 1. The molecule has 0 bridgehead atoms. The van der Waals surface area contributed by atoms with E-state index < -0.39 is 17.0 Å². The predicted octanol–water partition coefficient (Wildman–Crippen LogP) is 1.14. The van der Waals surface area contributed by atoms with Crippen molar-refractivity contribution in [1.82, 2.24) is 4.98 Å². The number of nitrogens with two attached hydrogens (primary N) is 1. The molecule has 1 heterocycles. The average molecular weight is 237 g/mol. The molecule has 94 valence electrons. The lowest BCUT2D eigenvalue weighted by Crippen LogP contribution is -2.51. The van der Waals surface area contributed by atoms with Gasteiger partial charge in [0.1, 0.15) is 5.82 Å². The van der Waals surface area contributed by atoms with Crippen LogP contribution in [0.3, 0.4) is 0 Å². The molecule has 0 saturated heterocycles. The molecule has 0 aliphatic heterocycles. The van der Waals surface area contributed by atoms with Crippen LogP contribution >= 0.6 is 0 Å². The maximum Gasteiger partial charge on any atom is 0.250 e. The van der Waals surface area contributed by atoms with Crippen LogP contribution in [-0.4, -0.2) is 27.1 Å². The van der Waals surface area contributed by atoms with Crippen molar-refractivity contribution in [3.63, 3.8) is 0 Å². The van der Waals surface area contributed by atoms with Crippen LogP contribution in [-0.2, 0) is 0 Å². The molecule has 17 heavy (non-hydrogen) atoms. The first-order chi connectivity index (χ1) is 7.63. The van der Waals surface area contributed by atoms with Crippen LogP contribution in [0.15, 0.2) is 18.3 Å². The minimum Gasteiger partial charge on any atom is -0.388 e. The highest BCUT2D eigenvalue weighted by Gasteiger charge is 2.35. The van der Waals surface area contributed by atoms with Crippen LogP contribution in [0.25, 0.3) is 0 Å². The molecule has 0 aliphatic carbocycles. The Hall–Kier alpha value is -1.62. The number of amides is 1. The van der Waals surface area contributed by atoms with Crippen LogP contribution in [0.1, 0.15) is 38.1 Å². The van der Waals surface area contributed by atoms with Crippen LogP contribution < -0.4 is 11.1 Å². The highest BCUT2D eigenvalue weighted by molar-refractivity contribution is 5.92. The molecule has 0 unspecified atom stereocenters. The fraction of sp³-hybridized carbons (Fsp3) is 0.500. The average Bonchev–Trinajstić information content (AvgIpc) is 2.16. The van der Waals surface area contributed by atoms with Gasteiger partial charge in [-0.05, 0) is 39.8 Å². The summed E-state index contributed by atoms with van der Waals surface area (Å²) in [5.74, 6) is 0.0768. The fourth-order valence-corrected chi connectivity index (χ4v) is 1.09. The number of primary amides is 1. The highest BCUT2D eigenvalue weighted by atomic mass is 16.3. The van der Waals surface area contributed by atoms with Crippen molar-refractivity contribution >= 4 is 11.7 Å². The summed E-state index contributed by atoms with van der Waals surface area (Å²) in [6, 6.07) is 3.26. The molecule has 1 aromatic heterocycles. The van der Waals surface area contributed by atoms with Gasteiger partial charge in [0.2, 0.25) is 5.91 Å².